The van der Waals surface area contributed by atoms with Gasteiger partial charge in [-0.05, 0) is 30.7 Å². The summed E-state index contributed by atoms with van der Waals surface area (Å²) in [6, 6.07) is 8.71. The number of aromatic nitrogens is 1. The Kier molecular flexibility index (Phi) is 7.69. The van der Waals surface area contributed by atoms with Gasteiger partial charge in [0.15, 0.2) is 0 Å². The van der Waals surface area contributed by atoms with Crippen molar-refractivity contribution in [2.45, 2.75) is 13.5 Å². The molecule has 26 heavy (non-hydrogen) atoms. The first kappa shape index (κ1) is 20.0. The fraction of sp³-hybridized carbons (Fsp3) is 0.278. The number of carbonyl (C=O) groups is 2. The van der Waals surface area contributed by atoms with Crippen LogP contribution in [0.4, 0.5) is 5.82 Å². The molecule has 0 unspecified atom stereocenters. The summed E-state index contributed by atoms with van der Waals surface area (Å²) in [6.07, 6.45) is 2.39. The molecule has 2 amide bonds. The van der Waals surface area contributed by atoms with E-state index in [1.54, 1.807) is 24.4 Å². The Morgan fingerprint density at radius 2 is 1.96 bits per heavy atom. The SMILES string of the molecule is CCN(CCNC=O)c1ccc(CNC(=O)c2c(Cl)cccc2Cl)cn1. The molecule has 0 fully saturated rings. The van der Waals surface area contributed by atoms with E-state index in [0.29, 0.717) is 36.1 Å². The molecule has 2 aromatic rings. The fourth-order valence-corrected chi connectivity index (χ4v) is 2.96. The second-order valence-corrected chi connectivity index (χ2v) is 6.27. The van der Waals surface area contributed by atoms with Crippen LogP contribution in [-0.2, 0) is 11.3 Å². The van der Waals surface area contributed by atoms with E-state index >= 15 is 0 Å². The number of pyridine rings is 1. The molecular formula is C18H20Cl2N4O2. The minimum absolute atomic E-state index is 0.264. The number of hydrogen-bond donors (Lipinski definition) is 2. The van der Waals surface area contributed by atoms with Gasteiger partial charge in [-0.25, -0.2) is 4.98 Å². The van der Waals surface area contributed by atoms with Crippen molar-refractivity contribution in [1.82, 2.24) is 15.6 Å². The van der Waals surface area contributed by atoms with Crippen LogP contribution in [0.15, 0.2) is 36.5 Å². The topological polar surface area (TPSA) is 74.3 Å². The third-order valence-corrected chi connectivity index (χ3v) is 4.40. The van der Waals surface area contributed by atoms with E-state index in [4.69, 9.17) is 23.2 Å². The molecule has 1 aromatic carbocycles. The maximum absolute atomic E-state index is 12.3. The van der Waals surface area contributed by atoms with Gasteiger partial charge in [0.2, 0.25) is 6.41 Å². The molecule has 6 nitrogen and oxygen atoms in total. The molecule has 0 saturated heterocycles. The van der Waals surface area contributed by atoms with Crippen molar-refractivity contribution in [3.8, 4) is 0 Å². The van der Waals surface area contributed by atoms with Crippen LogP contribution in [0.2, 0.25) is 10.0 Å². The first-order valence-electron chi connectivity index (χ1n) is 8.16. The quantitative estimate of drug-likeness (QED) is 0.506. The van der Waals surface area contributed by atoms with Gasteiger partial charge < -0.3 is 15.5 Å². The number of rotatable bonds is 9. The molecule has 2 rings (SSSR count). The first-order chi connectivity index (χ1) is 12.6. The number of likely N-dealkylation sites (N-methyl/N-ethyl adjacent to an activating group) is 1. The van der Waals surface area contributed by atoms with Crippen LogP contribution in [0, 0.1) is 0 Å². The highest BCUT2D eigenvalue weighted by Crippen LogP contribution is 2.24. The Bertz CT molecular complexity index is 733. The van der Waals surface area contributed by atoms with Crippen molar-refractivity contribution < 1.29 is 9.59 Å². The van der Waals surface area contributed by atoms with Crippen molar-refractivity contribution in [3.63, 3.8) is 0 Å². The maximum Gasteiger partial charge on any atom is 0.254 e. The van der Waals surface area contributed by atoms with E-state index in [1.807, 2.05) is 24.0 Å². The van der Waals surface area contributed by atoms with Crippen LogP contribution in [0.25, 0.3) is 0 Å². The number of nitrogens with zero attached hydrogens (tertiary/aromatic N) is 2. The van der Waals surface area contributed by atoms with Gasteiger partial charge in [-0.3, -0.25) is 9.59 Å². The third kappa shape index (κ3) is 5.34. The van der Waals surface area contributed by atoms with Crippen LogP contribution in [0.5, 0.6) is 0 Å². The zero-order valence-electron chi connectivity index (χ0n) is 14.3. The second-order valence-electron chi connectivity index (χ2n) is 5.46. The smallest absolute Gasteiger partial charge is 0.254 e. The van der Waals surface area contributed by atoms with Crippen LogP contribution in [0.3, 0.4) is 0 Å². The molecule has 8 heteroatoms. The van der Waals surface area contributed by atoms with Gasteiger partial charge in [-0.15, -0.1) is 0 Å². The summed E-state index contributed by atoms with van der Waals surface area (Å²) in [5, 5.41) is 6.05. The number of carbonyl (C=O) groups excluding carboxylic acids is 2. The molecule has 2 N–H and O–H groups in total. The molecule has 0 saturated carbocycles. The largest absolute Gasteiger partial charge is 0.357 e. The summed E-state index contributed by atoms with van der Waals surface area (Å²) >= 11 is 12.1. The zero-order chi connectivity index (χ0) is 18.9. The summed E-state index contributed by atoms with van der Waals surface area (Å²) in [5.74, 6) is 0.476. The molecule has 138 valence electrons. The van der Waals surface area contributed by atoms with Gasteiger partial charge in [-0.2, -0.15) is 0 Å². The minimum Gasteiger partial charge on any atom is -0.357 e. The molecule has 0 radical (unpaired) electrons. The fourth-order valence-electron chi connectivity index (χ4n) is 2.39. The van der Waals surface area contributed by atoms with Gasteiger partial charge in [0.05, 0.1) is 15.6 Å². The van der Waals surface area contributed by atoms with E-state index in [-0.39, 0.29) is 11.5 Å². The number of nitrogens with one attached hydrogen (secondary N) is 2. The average molecular weight is 395 g/mol. The van der Waals surface area contributed by atoms with Gasteiger partial charge in [0.1, 0.15) is 5.82 Å². The van der Waals surface area contributed by atoms with Crippen LogP contribution < -0.4 is 15.5 Å². The molecule has 0 aliphatic heterocycles. The Morgan fingerprint density at radius 1 is 1.23 bits per heavy atom. The Labute approximate surface area is 162 Å². The number of benzene rings is 1. The normalized spacial score (nSPS) is 10.3. The standard InChI is InChI=1S/C18H20Cl2N4O2/c1-2-24(9-8-21-12-25)16-7-6-13(10-22-16)11-23-18(26)17-14(19)4-3-5-15(17)20/h3-7,10,12H,2,8-9,11H2,1H3,(H,21,25)(H,23,26). The van der Waals surface area contributed by atoms with Gasteiger partial charge in [0, 0.05) is 32.4 Å². The van der Waals surface area contributed by atoms with Gasteiger partial charge in [0.25, 0.3) is 5.91 Å². The third-order valence-electron chi connectivity index (χ3n) is 3.77. The second kappa shape index (κ2) is 9.99. The van der Waals surface area contributed by atoms with Crippen molar-refractivity contribution in [2.75, 3.05) is 24.5 Å². The van der Waals surface area contributed by atoms with Crippen molar-refractivity contribution >= 4 is 41.3 Å². The molecule has 0 bridgehead atoms. The van der Waals surface area contributed by atoms with Crippen molar-refractivity contribution in [1.29, 1.82) is 0 Å². The molecule has 1 heterocycles. The summed E-state index contributed by atoms with van der Waals surface area (Å²) in [7, 11) is 0. The lowest BCUT2D eigenvalue weighted by Gasteiger charge is -2.21. The molecule has 0 spiro atoms. The van der Waals surface area contributed by atoms with Crippen LogP contribution in [0.1, 0.15) is 22.8 Å². The maximum atomic E-state index is 12.3. The number of amides is 2. The monoisotopic (exact) mass is 394 g/mol. The highest BCUT2D eigenvalue weighted by atomic mass is 35.5. The van der Waals surface area contributed by atoms with Crippen LogP contribution >= 0.6 is 23.2 Å². The van der Waals surface area contributed by atoms with Gasteiger partial charge >= 0.3 is 0 Å². The number of halogens is 2. The van der Waals surface area contributed by atoms with E-state index < -0.39 is 0 Å². The van der Waals surface area contributed by atoms with Crippen molar-refractivity contribution in [2.24, 2.45) is 0 Å². The first-order valence-corrected chi connectivity index (χ1v) is 8.91. The summed E-state index contributed by atoms with van der Waals surface area (Å²) in [5.41, 5.74) is 1.12. The predicted octanol–water partition coefficient (Wildman–Crippen LogP) is 2.89. The van der Waals surface area contributed by atoms with E-state index in [1.165, 1.54) is 0 Å². The molecule has 0 aliphatic rings. The summed E-state index contributed by atoms with van der Waals surface area (Å²) < 4.78 is 0. The highest BCUT2D eigenvalue weighted by Gasteiger charge is 2.14. The Hall–Kier alpha value is -2.31. The van der Waals surface area contributed by atoms with E-state index in [9.17, 15) is 9.59 Å². The molecule has 0 atom stereocenters. The lowest BCUT2D eigenvalue weighted by molar-refractivity contribution is -0.109. The molecule has 1 aromatic heterocycles. The number of hydrogen-bond acceptors (Lipinski definition) is 4. The molecule has 0 aliphatic carbocycles. The highest BCUT2D eigenvalue weighted by molar-refractivity contribution is 6.39. The summed E-state index contributed by atoms with van der Waals surface area (Å²) in [6.45, 7) is 4.32. The number of anilines is 1. The Morgan fingerprint density at radius 3 is 2.54 bits per heavy atom. The minimum atomic E-state index is -0.334. The Balaban J connectivity index is 1.96. The van der Waals surface area contributed by atoms with E-state index in [0.717, 1.165) is 17.9 Å². The van der Waals surface area contributed by atoms with Gasteiger partial charge in [-0.1, -0.05) is 35.3 Å². The summed E-state index contributed by atoms with van der Waals surface area (Å²) in [4.78, 5) is 29.1. The van der Waals surface area contributed by atoms with Crippen LogP contribution in [-0.4, -0.2) is 36.9 Å². The van der Waals surface area contributed by atoms with Crippen molar-refractivity contribution in [3.05, 3.63) is 57.7 Å². The van der Waals surface area contributed by atoms with E-state index in [2.05, 4.69) is 15.6 Å². The zero-order valence-corrected chi connectivity index (χ0v) is 15.8. The lowest BCUT2D eigenvalue weighted by atomic mass is 10.2. The molecular weight excluding hydrogens is 375 g/mol. The average Bonchev–Trinajstić information content (AvgIpc) is 2.64. The predicted molar refractivity (Wildman–Crippen MR) is 104 cm³/mol. The lowest BCUT2D eigenvalue weighted by Crippen LogP contribution is -2.32.